The maximum Gasteiger partial charge on any atom is 0.488 e. The first-order valence-corrected chi connectivity index (χ1v) is 4.08. The van der Waals surface area contributed by atoms with Crippen LogP contribution in [0.4, 0.5) is 5.69 Å². The van der Waals surface area contributed by atoms with E-state index in [0.29, 0.717) is 11.2 Å². The van der Waals surface area contributed by atoms with Crippen molar-refractivity contribution in [2.45, 2.75) is 0 Å². The molecule has 5 nitrogen and oxygen atoms in total. The van der Waals surface area contributed by atoms with Crippen molar-refractivity contribution in [3.63, 3.8) is 0 Å². The SMILES string of the molecule is NC(=O)CNc1cccc(B(O)O)c1. The van der Waals surface area contributed by atoms with Crippen LogP contribution >= 0.6 is 0 Å². The highest BCUT2D eigenvalue weighted by atomic mass is 16.4. The Balaban J connectivity index is 2.68. The van der Waals surface area contributed by atoms with Gasteiger partial charge in [-0.1, -0.05) is 12.1 Å². The Morgan fingerprint density at radius 3 is 2.79 bits per heavy atom. The zero-order valence-corrected chi connectivity index (χ0v) is 7.47. The summed E-state index contributed by atoms with van der Waals surface area (Å²) in [6.07, 6.45) is 0. The van der Waals surface area contributed by atoms with Crippen LogP contribution in [0.3, 0.4) is 0 Å². The number of carbonyl (C=O) groups is 1. The van der Waals surface area contributed by atoms with Crippen molar-refractivity contribution in [2.75, 3.05) is 11.9 Å². The quantitative estimate of drug-likeness (QED) is 0.428. The minimum absolute atomic E-state index is 0.0188. The average molecular weight is 194 g/mol. The Labute approximate surface area is 81.7 Å². The first-order chi connectivity index (χ1) is 6.59. The van der Waals surface area contributed by atoms with E-state index in [1.165, 1.54) is 6.07 Å². The van der Waals surface area contributed by atoms with Crippen molar-refractivity contribution in [3.8, 4) is 0 Å². The van der Waals surface area contributed by atoms with Gasteiger partial charge in [0.15, 0.2) is 0 Å². The third-order valence-electron chi connectivity index (χ3n) is 1.65. The number of carbonyl (C=O) groups excluding carboxylic acids is 1. The minimum atomic E-state index is -1.51. The fraction of sp³-hybridized carbons (Fsp3) is 0.125. The van der Waals surface area contributed by atoms with E-state index in [1.54, 1.807) is 18.2 Å². The molecule has 1 amide bonds. The van der Waals surface area contributed by atoms with Crippen molar-refractivity contribution in [2.24, 2.45) is 5.73 Å². The molecule has 74 valence electrons. The Morgan fingerprint density at radius 1 is 1.50 bits per heavy atom. The second kappa shape index (κ2) is 4.64. The van der Waals surface area contributed by atoms with Gasteiger partial charge in [-0.25, -0.2) is 0 Å². The third-order valence-corrected chi connectivity index (χ3v) is 1.65. The molecule has 1 aromatic carbocycles. The summed E-state index contributed by atoms with van der Waals surface area (Å²) < 4.78 is 0. The molecule has 0 saturated carbocycles. The van der Waals surface area contributed by atoms with E-state index < -0.39 is 13.0 Å². The summed E-state index contributed by atoms with van der Waals surface area (Å²) in [6, 6.07) is 6.46. The van der Waals surface area contributed by atoms with E-state index in [0.717, 1.165) is 0 Å². The van der Waals surface area contributed by atoms with Crippen LogP contribution in [-0.2, 0) is 4.79 Å². The third kappa shape index (κ3) is 3.08. The Bertz CT molecular complexity index is 330. The maximum absolute atomic E-state index is 10.5. The number of primary amides is 1. The molecule has 0 spiro atoms. The monoisotopic (exact) mass is 194 g/mol. The fourth-order valence-corrected chi connectivity index (χ4v) is 0.998. The lowest BCUT2D eigenvalue weighted by Crippen LogP contribution is -2.30. The molecular weight excluding hydrogens is 183 g/mol. The molecule has 6 heteroatoms. The van der Waals surface area contributed by atoms with E-state index in [1.807, 2.05) is 0 Å². The first-order valence-electron chi connectivity index (χ1n) is 4.08. The minimum Gasteiger partial charge on any atom is -0.423 e. The van der Waals surface area contributed by atoms with Gasteiger partial charge in [0.05, 0.1) is 6.54 Å². The largest absolute Gasteiger partial charge is 0.488 e. The van der Waals surface area contributed by atoms with Gasteiger partial charge in [-0.3, -0.25) is 4.79 Å². The van der Waals surface area contributed by atoms with Crippen LogP contribution in [0.1, 0.15) is 0 Å². The van der Waals surface area contributed by atoms with E-state index in [-0.39, 0.29) is 6.54 Å². The second-order valence-electron chi connectivity index (χ2n) is 2.82. The highest BCUT2D eigenvalue weighted by Crippen LogP contribution is 2.02. The molecular formula is C8H11BN2O3. The number of amides is 1. The van der Waals surface area contributed by atoms with Gasteiger partial charge >= 0.3 is 7.12 Å². The first kappa shape index (κ1) is 10.6. The van der Waals surface area contributed by atoms with Crippen LogP contribution in [0.25, 0.3) is 0 Å². The second-order valence-corrected chi connectivity index (χ2v) is 2.82. The van der Waals surface area contributed by atoms with Crippen molar-refractivity contribution >= 4 is 24.2 Å². The Morgan fingerprint density at radius 2 is 2.21 bits per heavy atom. The summed E-state index contributed by atoms with van der Waals surface area (Å²) in [5.41, 5.74) is 5.92. The molecule has 0 aliphatic rings. The molecule has 0 fully saturated rings. The summed E-state index contributed by atoms with van der Waals surface area (Å²) in [5, 5.41) is 20.5. The summed E-state index contributed by atoms with van der Waals surface area (Å²) in [5.74, 6) is -0.472. The lowest BCUT2D eigenvalue weighted by atomic mass is 9.80. The van der Waals surface area contributed by atoms with Crippen LogP contribution in [0.2, 0.25) is 0 Å². The van der Waals surface area contributed by atoms with Gasteiger partial charge in [-0.05, 0) is 17.6 Å². The van der Waals surface area contributed by atoms with Crippen LogP contribution in [0.15, 0.2) is 24.3 Å². The van der Waals surface area contributed by atoms with Crippen molar-refractivity contribution in [1.29, 1.82) is 0 Å². The van der Waals surface area contributed by atoms with Gasteiger partial charge in [0, 0.05) is 5.69 Å². The van der Waals surface area contributed by atoms with E-state index in [9.17, 15) is 4.79 Å². The number of hydrogen-bond donors (Lipinski definition) is 4. The Hall–Kier alpha value is -1.53. The van der Waals surface area contributed by atoms with Gasteiger partial charge in [-0.15, -0.1) is 0 Å². The zero-order valence-electron chi connectivity index (χ0n) is 7.47. The molecule has 0 radical (unpaired) electrons. The van der Waals surface area contributed by atoms with Crippen molar-refractivity contribution in [3.05, 3.63) is 24.3 Å². The van der Waals surface area contributed by atoms with Gasteiger partial charge in [0.1, 0.15) is 0 Å². The number of nitrogens with one attached hydrogen (secondary N) is 1. The molecule has 5 N–H and O–H groups in total. The molecule has 1 aromatic rings. The van der Waals surface area contributed by atoms with E-state index in [4.69, 9.17) is 15.8 Å². The van der Waals surface area contributed by atoms with E-state index in [2.05, 4.69) is 5.32 Å². The van der Waals surface area contributed by atoms with Crippen LogP contribution < -0.4 is 16.5 Å². The molecule has 0 unspecified atom stereocenters. The predicted octanol–water partition coefficient (Wildman–Crippen LogP) is -1.74. The predicted molar refractivity (Wildman–Crippen MR) is 54.0 cm³/mol. The zero-order chi connectivity index (χ0) is 10.6. The van der Waals surface area contributed by atoms with Gasteiger partial charge < -0.3 is 21.1 Å². The molecule has 14 heavy (non-hydrogen) atoms. The fourth-order valence-electron chi connectivity index (χ4n) is 0.998. The van der Waals surface area contributed by atoms with Crippen LogP contribution in [-0.4, -0.2) is 29.6 Å². The van der Waals surface area contributed by atoms with Crippen molar-refractivity contribution < 1.29 is 14.8 Å². The summed E-state index contributed by atoms with van der Waals surface area (Å²) in [4.78, 5) is 10.5. The number of anilines is 1. The summed E-state index contributed by atoms with van der Waals surface area (Å²) in [7, 11) is -1.51. The topological polar surface area (TPSA) is 95.6 Å². The summed E-state index contributed by atoms with van der Waals surface area (Å²) >= 11 is 0. The van der Waals surface area contributed by atoms with Gasteiger partial charge in [0.25, 0.3) is 0 Å². The Kier molecular flexibility index (Phi) is 3.50. The average Bonchev–Trinajstić information content (AvgIpc) is 2.15. The molecule has 0 bridgehead atoms. The number of nitrogens with two attached hydrogens (primary N) is 1. The molecule has 0 aliphatic heterocycles. The van der Waals surface area contributed by atoms with Gasteiger partial charge in [-0.2, -0.15) is 0 Å². The number of hydrogen-bond acceptors (Lipinski definition) is 4. The maximum atomic E-state index is 10.5. The molecule has 0 saturated heterocycles. The van der Waals surface area contributed by atoms with Crippen molar-refractivity contribution in [1.82, 2.24) is 0 Å². The molecule has 0 aromatic heterocycles. The van der Waals surface area contributed by atoms with Gasteiger partial charge in [0.2, 0.25) is 5.91 Å². The lowest BCUT2D eigenvalue weighted by molar-refractivity contribution is -0.116. The van der Waals surface area contributed by atoms with Crippen LogP contribution in [0, 0.1) is 0 Å². The number of rotatable bonds is 4. The molecule has 0 aliphatic carbocycles. The summed E-state index contributed by atoms with van der Waals surface area (Å²) in [6.45, 7) is 0.0188. The molecule has 0 atom stereocenters. The highest BCUT2D eigenvalue weighted by Gasteiger charge is 2.10. The standard InChI is InChI=1S/C8H11BN2O3/c10-8(12)5-11-7-3-1-2-6(4-7)9(13)14/h1-4,11,13-14H,5H2,(H2,10,12). The normalized spacial score (nSPS) is 9.57. The molecule has 0 heterocycles. The smallest absolute Gasteiger partial charge is 0.423 e. The molecule has 1 rings (SSSR count). The van der Waals surface area contributed by atoms with Crippen LogP contribution in [0.5, 0.6) is 0 Å². The lowest BCUT2D eigenvalue weighted by Gasteiger charge is -2.05. The number of benzene rings is 1. The highest BCUT2D eigenvalue weighted by molar-refractivity contribution is 6.58. The van der Waals surface area contributed by atoms with E-state index >= 15 is 0 Å².